The molecule has 0 spiro atoms. The topological polar surface area (TPSA) is 26.0 Å². The van der Waals surface area contributed by atoms with Crippen LogP contribution < -0.4 is 5.73 Å². The predicted molar refractivity (Wildman–Crippen MR) is 61.1 cm³/mol. The van der Waals surface area contributed by atoms with Gasteiger partial charge in [0.15, 0.2) is 0 Å². The zero-order valence-electron chi connectivity index (χ0n) is 9.68. The Kier molecular flexibility index (Phi) is 5.14. The zero-order chi connectivity index (χ0) is 13.4. The maximum atomic E-state index is 13.1. The highest BCUT2D eigenvalue weighted by molar-refractivity contribution is 5.85. The van der Waals surface area contributed by atoms with E-state index < -0.39 is 18.1 Å². The fraction of sp³-hybridized carbons (Fsp3) is 0.455. The molecule has 1 nitrogen and oxygen atoms in total. The Hall–Kier alpha value is -0.880. The van der Waals surface area contributed by atoms with Crippen LogP contribution in [-0.4, -0.2) is 12.1 Å². The molecule has 1 rings (SSSR count). The SMILES string of the molecule is Cc1cccc(C)c1[C@H](N)C(F)(F)C(F)(F)F.Cl. The van der Waals surface area contributed by atoms with E-state index in [4.69, 9.17) is 5.73 Å². The van der Waals surface area contributed by atoms with Crippen molar-refractivity contribution in [1.82, 2.24) is 0 Å². The number of hydrogen-bond acceptors (Lipinski definition) is 1. The van der Waals surface area contributed by atoms with Crippen LogP contribution >= 0.6 is 12.4 Å². The van der Waals surface area contributed by atoms with Gasteiger partial charge in [-0.1, -0.05) is 18.2 Å². The fourth-order valence-electron chi connectivity index (χ4n) is 1.68. The molecule has 7 heteroatoms. The Labute approximate surface area is 108 Å². The molecule has 0 aromatic heterocycles. The number of benzene rings is 1. The van der Waals surface area contributed by atoms with E-state index in [9.17, 15) is 22.0 Å². The van der Waals surface area contributed by atoms with Crippen molar-refractivity contribution in [1.29, 1.82) is 0 Å². The summed E-state index contributed by atoms with van der Waals surface area (Å²) in [6.45, 7) is 2.91. The molecule has 0 unspecified atom stereocenters. The van der Waals surface area contributed by atoms with Crippen LogP contribution in [0.1, 0.15) is 22.7 Å². The van der Waals surface area contributed by atoms with Gasteiger partial charge >= 0.3 is 12.1 Å². The molecule has 0 aliphatic carbocycles. The second-order valence-electron chi connectivity index (χ2n) is 3.90. The van der Waals surface area contributed by atoms with E-state index >= 15 is 0 Å². The van der Waals surface area contributed by atoms with Crippen LogP contribution in [0.2, 0.25) is 0 Å². The average molecular weight is 290 g/mol. The summed E-state index contributed by atoms with van der Waals surface area (Å²) < 4.78 is 62.8. The van der Waals surface area contributed by atoms with Gasteiger partial charge in [0, 0.05) is 0 Å². The van der Waals surface area contributed by atoms with Gasteiger partial charge in [0.05, 0.1) is 0 Å². The summed E-state index contributed by atoms with van der Waals surface area (Å²) in [6, 6.07) is 2.10. The van der Waals surface area contributed by atoms with E-state index in [1.54, 1.807) is 6.07 Å². The minimum absolute atomic E-state index is 0. The van der Waals surface area contributed by atoms with E-state index in [-0.39, 0.29) is 18.0 Å². The van der Waals surface area contributed by atoms with Crippen molar-refractivity contribution < 1.29 is 22.0 Å². The number of hydrogen-bond donors (Lipinski definition) is 1. The highest BCUT2D eigenvalue weighted by atomic mass is 35.5. The van der Waals surface area contributed by atoms with Crippen LogP contribution in [0.4, 0.5) is 22.0 Å². The van der Waals surface area contributed by atoms with E-state index in [2.05, 4.69) is 0 Å². The van der Waals surface area contributed by atoms with Crippen molar-refractivity contribution in [2.24, 2.45) is 5.73 Å². The monoisotopic (exact) mass is 289 g/mol. The Bertz CT molecular complexity index is 396. The highest BCUT2D eigenvalue weighted by Gasteiger charge is 2.62. The zero-order valence-corrected chi connectivity index (χ0v) is 10.5. The Balaban J connectivity index is 0.00000289. The fourth-order valence-corrected chi connectivity index (χ4v) is 1.68. The first kappa shape index (κ1) is 17.1. The number of nitrogens with two attached hydrogens (primary N) is 1. The summed E-state index contributed by atoms with van der Waals surface area (Å²) in [6.07, 6.45) is -5.65. The first-order valence-electron chi connectivity index (χ1n) is 4.85. The molecule has 104 valence electrons. The van der Waals surface area contributed by atoms with Crippen molar-refractivity contribution in [3.63, 3.8) is 0 Å². The summed E-state index contributed by atoms with van der Waals surface area (Å²) >= 11 is 0. The van der Waals surface area contributed by atoms with Gasteiger partial charge in [0.1, 0.15) is 6.04 Å². The van der Waals surface area contributed by atoms with E-state index in [0.717, 1.165) is 0 Å². The second-order valence-corrected chi connectivity index (χ2v) is 3.90. The molecule has 1 aromatic carbocycles. The molecule has 1 aromatic rings. The molecule has 18 heavy (non-hydrogen) atoms. The summed E-state index contributed by atoms with van der Waals surface area (Å²) in [5, 5.41) is 0. The van der Waals surface area contributed by atoms with Crippen LogP contribution in [0, 0.1) is 13.8 Å². The predicted octanol–water partition coefficient (Wildman–Crippen LogP) is 3.92. The lowest BCUT2D eigenvalue weighted by Gasteiger charge is -2.28. The quantitative estimate of drug-likeness (QED) is 0.821. The Morgan fingerprint density at radius 2 is 1.39 bits per heavy atom. The van der Waals surface area contributed by atoms with Gasteiger partial charge in [0.2, 0.25) is 0 Å². The van der Waals surface area contributed by atoms with E-state index in [1.807, 2.05) is 0 Å². The van der Waals surface area contributed by atoms with Crippen LogP contribution in [0.15, 0.2) is 18.2 Å². The van der Waals surface area contributed by atoms with Crippen molar-refractivity contribution >= 4 is 12.4 Å². The number of aryl methyl sites for hydroxylation is 2. The van der Waals surface area contributed by atoms with E-state index in [1.165, 1.54) is 26.0 Å². The van der Waals surface area contributed by atoms with Crippen LogP contribution in [0.5, 0.6) is 0 Å². The highest BCUT2D eigenvalue weighted by Crippen LogP contribution is 2.44. The summed E-state index contributed by atoms with van der Waals surface area (Å²) in [4.78, 5) is 0. The normalized spacial score (nSPS) is 14.0. The first-order chi connectivity index (χ1) is 7.59. The molecule has 0 bridgehead atoms. The second kappa shape index (κ2) is 5.40. The maximum absolute atomic E-state index is 13.1. The summed E-state index contributed by atoms with van der Waals surface area (Å²) in [5.41, 5.74) is 5.57. The lowest BCUT2D eigenvalue weighted by Crippen LogP contribution is -2.46. The third-order valence-corrected chi connectivity index (χ3v) is 2.62. The van der Waals surface area contributed by atoms with Crippen LogP contribution in [0.25, 0.3) is 0 Å². The molecule has 0 radical (unpaired) electrons. The Morgan fingerprint density at radius 1 is 1.00 bits per heavy atom. The number of halogens is 6. The van der Waals surface area contributed by atoms with Gasteiger partial charge in [0.25, 0.3) is 0 Å². The molecule has 0 saturated carbocycles. The lowest BCUT2D eigenvalue weighted by molar-refractivity contribution is -0.291. The maximum Gasteiger partial charge on any atom is 0.455 e. The van der Waals surface area contributed by atoms with Gasteiger partial charge in [-0.3, -0.25) is 0 Å². The van der Waals surface area contributed by atoms with Crippen molar-refractivity contribution in [2.75, 3.05) is 0 Å². The largest absolute Gasteiger partial charge is 0.455 e. The average Bonchev–Trinajstić information content (AvgIpc) is 2.15. The summed E-state index contributed by atoms with van der Waals surface area (Å²) in [5.74, 6) is -4.94. The van der Waals surface area contributed by atoms with Crippen molar-refractivity contribution in [3.05, 3.63) is 34.9 Å². The van der Waals surface area contributed by atoms with Gasteiger partial charge in [-0.05, 0) is 30.5 Å². The minimum atomic E-state index is -5.65. The van der Waals surface area contributed by atoms with Crippen molar-refractivity contribution in [2.45, 2.75) is 32.0 Å². The standard InChI is InChI=1S/C11H12F5N.ClH/c1-6-4-3-5-7(2)8(6)9(17)10(12,13)11(14,15)16;/h3-5,9H,17H2,1-2H3;1H/t9-;/m0./s1. The lowest BCUT2D eigenvalue weighted by atomic mass is 9.92. The smallest absolute Gasteiger partial charge is 0.319 e. The van der Waals surface area contributed by atoms with Gasteiger partial charge in [-0.15, -0.1) is 12.4 Å². The van der Waals surface area contributed by atoms with Gasteiger partial charge < -0.3 is 5.73 Å². The third kappa shape index (κ3) is 2.92. The van der Waals surface area contributed by atoms with Crippen molar-refractivity contribution in [3.8, 4) is 0 Å². The molecule has 0 aliphatic heterocycles. The third-order valence-electron chi connectivity index (χ3n) is 2.62. The molecular weight excluding hydrogens is 277 g/mol. The summed E-state index contributed by atoms with van der Waals surface area (Å²) in [7, 11) is 0. The minimum Gasteiger partial charge on any atom is -0.319 e. The van der Waals surface area contributed by atoms with E-state index in [0.29, 0.717) is 11.1 Å². The molecule has 0 amide bonds. The van der Waals surface area contributed by atoms with Crippen LogP contribution in [0.3, 0.4) is 0 Å². The molecular formula is C11H13ClF5N. The molecule has 0 aliphatic rings. The molecule has 0 saturated heterocycles. The van der Waals surface area contributed by atoms with Crippen LogP contribution in [-0.2, 0) is 0 Å². The molecule has 0 fully saturated rings. The number of alkyl halides is 5. The molecule has 0 heterocycles. The van der Waals surface area contributed by atoms with Gasteiger partial charge in [-0.2, -0.15) is 22.0 Å². The first-order valence-corrected chi connectivity index (χ1v) is 4.85. The number of rotatable bonds is 2. The molecule has 2 N–H and O–H groups in total. The molecule has 1 atom stereocenters. The Morgan fingerprint density at radius 3 is 1.72 bits per heavy atom. The van der Waals surface area contributed by atoms with Gasteiger partial charge in [-0.25, -0.2) is 0 Å².